The number of benzene rings is 2. The number of aryl methyl sites for hydroxylation is 1. The van der Waals surface area contributed by atoms with E-state index >= 15 is 0 Å². The highest BCUT2D eigenvalue weighted by molar-refractivity contribution is 6.34. The number of halogens is 5. The number of carbonyl (C=O) groups is 1. The van der Waals surface area contributed by atoms with Crippen LogP contribution in [0.15, 0.2) is 41.6 Å². The molecule has 0 fully saturated rings. The molecule has 1 unspecified atom stereocenters. The van der Waals surface area contributed by atoms with Crippen LogP contribution >= 0.6 is 23.2 Å². The zero-order valence-corrected chi connectivity index (χ0v) is 17.4. The van der Waals surface area contributed by atoms with Gasteiger partial charge in [0.25, 0.3) is 0 Å². The van der Waals surface area contributed by atoms with Crippen LogP contribution in [0, 0.1) is 12.8 Å². The van der Waals surface area contributed by atoms with Crippen LogP contribution in [-0.2, 0) is 9.57 Å². The maximum Gasteiger partial charge on any atom is 0.411 e. The van der Waals surface area contributed by atoms with Crippen molar-refractivity contribution in [2.45, 2.75) is 26.1 Å². The molecule has 2 aromatic rings. The Morgan fingerprint density at radius 1 is 1.20 bits per heavy atom. The van der Waals surface area contributed by atoms with Gasteiger partial charge >= 0.3 is 12.3 Å². The standard InChI is InChI=1S/C20H17Cl2F3N2O3/c1-3-29-19(28)26-15-8-11(5-4-10(15)2)17-16(20(23,24)25)18(30-27-17)12-6-13(21)9-14(22)7-12/h4-9,16,18H,3H2,1-2H3,(H,26,28)/t16?,18-/m1/s1. The molecule has 0 saturated carbocycles. The van der Waals surface area contributed by atoms with Crippen molar-refractivity contribution in [1.82, 2.24) is 0 Å². The zero-order valence-electron chi connectivity index (χ0n) is 15.9. The molecular formula is C20H17Cl2F3N2O3. The topological polar surface area (TPSA) is 59.9 Å². The van der Waals surface area contributed by atoms with Crippen molar-refractivity contribution in [2.24, 2.45) is 11.1 Å². The van der Waals surface area contributed by atoms with Crippen molar-refractivity contribution in [3.63, 3.8) is 0 Å². The third-order valence-corrected chi connectivity index (χ3v) is 4.91. The summed E-state index contributed by atoms with van der Waals surface area (Å²) in [6, 6.07) is 8.60. The number of anilines is 1. The van der Waals surface area contributed by atoms with Crippen LogP contribution in [0.3, 0.4) is 0 Å². The number of hydrogen-bond acceptors (Lipinski definition) is 4. The molecule has 0 aliphatic carbocycles. The predicted octanol–water partition coefficient (Wildman–Crippen LogP) is 6.52. The number of oxime groups is 1. The molecule has 0 radical (unpaired) electrons. The molecule has 1 heterocycles. The second-order valence-electron chi connectivity index (χ2n) is 6.60. The Kier molecular flexibility index (Phi) is 6.47. The van der Waals surface area contributed by atoms with E-state index in [0.717, 1.165) is 0 Å². The lowest BCUT2D eigenvalue weighted by molar-refractivity contribution is -0.177. The SMILES string of the molecule is CCOC(=O)Nc1cc(C2=NO[C@H](c3cc(Cl)cc(Cl)c3)C2C(F)(F)F)ccc1C. The third kappa shape index (κ3) is 4.82. The van der Waals surface area contributed by atoms with Crippen molar-refractivity contribution in [2.75, 3.05) is 11.9 Å². The quantitative estimate of drug-likeness (QED) is 0.564. The van der Waals surface area contributed by atoms with Crippen LogP contribution < -0.4 is 5.32 Å². The van der Waals surface area contributed by atoms with Gasteiger partial charge in [-0.15, -0.1) is 0 Å². The minimum Gasteiger partial charge on any atom is -0.450 e. The Morgan fingerprint density at radius 2 is 1.87 bits per heavy atom. The van der Waals surface area contributed by atoms with Crippen LogP contribution in [0.2, 0.25) is 10.0 Å². The van der Waals surface area contributed by atoms with E-state index < -0.39 is 24.3 Å². The maximum atomic E-state index is 14.0. The van der Waals surface area contributed by atoms with Gasteiger partial charge in [0.1, 0.15) is 11.6 Å². The van der Waals surface area contributed by atoms with Crippen molar-refractivity contribution in [1.29, 1.82) is 0 Å². The molecule has 0 saturated heterocycles. The Bertz CT molecular complexity index is 975. The number of alkyl halides is 3. The maximum absolute atomic E-state index is 14.0. The van der Waals surface area contributed by atoms with E-state index in [-0.39, 0.29) is 33.5 Å². The molecule has 0 bridgehead atoms. The number of rotatable bonds is 4. The molecule has 1 N–H and O–H groups in total. The molecule has 2 atom stereocenters. The summed E-state index contributed by atoms with van der Waals surface area (Å²) in [6.45, 7) is 3.51. The van der Waals surface area contributed by atoms with Crippen LogP contribution in [0.25, 0.3) is 0 Å². The van der Waals surface area contributed by atoms with Gasteiger partial charge in [0.05, 0.1) is 6.61 Å². The Balaban J connectivity index is 1.98. The Morgan fingerprint density at radius 3 is 2.47 bits per heavy atom. The fourth-order valence-electron chi connectivity index (χ4n) is 3.12. The van der Waals surface area contributed by atoms with Gasteiger partial charge in [0.2, 0.25) is 0 Å². The summed E-state index contributed by atoms with van der Waals surface area (Å²) in [5.41, 5.74) is 0.961. The molecule has 10 heteroatoms. The summed E-state index contributed by atoms with van der Waals surface area (Å²) in [6.07, 6.45) is -6.81. The fourth-order valence-corrected chi connectivity index (χ4v) is 3.66. The summed E-state index contributed by atoms with van der Waals surface area (Å²) in [5.74, 6) is -2.05. The minimum absolute atomic E-state index is 0.158. The van der Waals surface area contributed by atoms with E-state index in [1.54, 1.807) is 19.9 Å². The van der Waals surface area contributed by atoms with Crippen LogP contribution in [-0.4, -0.2) is 24.6 Å². The third-order valence-electron chi connectivity index (χ3n) is 4.47. The fraction of sp³-hybridized carbons (Fsp3) is 0.300. The first kappa shape index (κ1) is 22.2. The van der Waals surface area contributed by atoms with Gasteiger partial charge in [0.15, 0.2) is 6.10 Å². The normalized spacial score (nSPS) is 18.6. The number of ether oxygens (including phenoxy) is 1. The molecule has 160 valence electrons. The van der Waals surface area contributed by atoms with E-state index in [1.165, 1.54) is 30.3 Å². The van der Waals surface area contributed by atoms with Crippen molar-refractivity contribution in [3.05, 3.63) is 63.1 Å². The minimum atomic E-state index is -4.66. The second-order valence-corrected chi connectivity index (χ2v) is 7.47. The molecule has 1 aliphatic heterocycles. The van der Waals surface area contributed by atoms with Gasteiger partial charge in [-0.3, -0.25) is 5.32 Å². The lowest BCUT2D eigenvalue weighted by Crippen LogP contribution is -2.33. The largest absolute Gasteiger partial charge is 0.450 e. The van der Waals surface area contributed by atoms with E-state index in [2.05, 4.69) is 10.5 Å². The molecule has 30 heavy (non-hydrogen) atoms. The number of amides is 1. The van der Waals surface area contributed by atoms with E-state index in [4.69, 9.17) is 32.8 Å². The van der Waals surface area contributed by atoms with Gasteiger partial charge in [-0.05, 0) is 49.2 Å². The highest BCUT2D eigenvalue weighted by Crippen LogP contribution is 2.45. The average molecular weight is 461 g/mol. The zero-order chi connectivity index (χ0) is 22.1. The smallest absolute Gasteiger partial charge is 0.411 e. The highest BCUT2D eigenvalue weighted by atomic mass is 35.5. The first-order chi connectivity index (χ1) is 14.1. The van der Waals surface area contributed by atoms with E-state index in [9.17, 15) is 18.0 Å². The van der Waals surface area contributed by atoms with Crippen molar-refractivity contribution < 1.29 is 27.5 Å². The summed E-state index contributed by atoms with van der Waals surface area (Å²) < 4.78 is 46.9. The first-order valence-corrected chi connectivity index (χ1v) is 9.67. The van der Waals surface area contributed by atoms with Crippen molar-refractivity contribution in [3.8, 4) is 0 Å². The number of nitrogens with zero attached hydrogens (tertiary/aromatic N) is 1. The molecule has 5 nitrogen and oxygen atoms in total. The van der Waals surface area contributed by atoms with Gasteiger partial charge in [-0.25, -0.2) is 4.79 Å². The van der Waals surface area contributed by atoms with Gasteiger partial charge < -0.3 is 9.57 Å². The second kappa shape index (κ2) is 8.73. The number of hydrogen-bond donors (Lipinski definition) is 1. The lowest BCUT2D eigenvalue weighted by atomic mass is 9.87. The van der Waals surface area contributed by atoms with E-state index in [1.807, 2.05) is 0 Å². The number of carbonyl (C=O) groups excluding carboxylic acids is 1. The summed E-state index contributed by atoms with van der Waals surface area (Å²) in [4.78, 5) is 16.9. The molecule has 3 rings (SSSR count). The summed E-state index contributed by atoms with van der Waals surface area (Å²) in [5, 5.41) is 6.61. The Labute approximate surface area is 180 Å². The number of nitrogens with one attached hydrogen (secondary N) is 1. The highest BCUT2D eigenvalue weighted by Gasteiger charge is 2.53. The molecular weight excluding hydrogens is 444 g/mol. The summed E-state index contributed by atoms with van der Waals surface area (Å²) >= 11 is 11.9. The van der Waals surface area contributed by atoms with Crippen LogP contribution in [0.1, 0.15) is 29.7 Å². The Hall–Kier alpha value is -2.45. The predicted molar refractivity (Wildman–Crippen MR) is 108 cm³/mol. The van der Waals surface area contributed by atoms with Gasteiger partial charge in [-0.2, -0.15) is 13.2 Å². The lowest BCUT2D eigenvalue weighted by Gasteiger charge is -2.22. The molecule has 1 aliphatic rings. The van der Waals surface area contributed by atoms with Gasteiger partial charge in [-0.1, -0.05) is 40.5 Å². The monoisotopic (exact) mass is 460 g/mol. The van der Waals surface area contributed by atoms with Gasteiger partial charge in [0, 0.05) is 21.3 Å². The molecule has 1 amide bonds. The van der Waals surface area contributed by atoms with E-state index in [0.29, 0.717) is 11.3 Å². The molecule has 2 aromatic carbocycles. The molecule has 0 spiro atoms. The average Bonchev–Trinajstić information content (AvgIpc) is 3.08. The first-order valence-electron chi connectivity index (χ1n) is 8.91. The van der Waals surface area contributed by atoms with Crippen LogP contribution in [0.5, 0.6) is 0 Å². The molecule has 0 aromatic heterocycles. The summed E-state index contributed by atoms with van der Waals surface area (Å²) in [7, 11) is 0. The van der Waals surface area contributed by atoms with Crippen molar-refractivity contribution >= 4 is 40.7 Å². The van der Waals surface area contributed by atoms with Crippen LogP contribution in [0.4, 0.5) is 23.7 Å².